The van der Waals surface area contributed by atoms with Gasteiger partial charge < -0.3 is 5.32 Å². The molecule has 3 rings (SSSR count). The van der Waals surface area contributed by atoms with Crippen molar-refractivity contribution in [2.45, 2.75) is 52.5 Å². The molecule has 1 aromatic carbocycles. The topological polar surface area (TPSA) is 12.0 Å². The molecular weight excluding hydrogens is 230 g/mol. The van der Waals surface area contributed by atoms with Crippen molar-refractivity contribution in [1.29, 1.82) is 0 Å². The van der Waals surface area contributed by atoms with Gasteiger partial charge in [-0.25, -0.2) is 0 Å². The smallest absolute Gasteiger partial charge is 0.0353 e. The van der Waals surface area contributed by atoms with Gasteiger partial charge in [0, 0.05) is 6.04 Å². The van der Waals surface area contributed by atoms with Gasteiger partial charge in [0.05, 0.1) is 0 Å². The van der Waals surface area contributed by atoms with E-state index < -0.39 is 0 Å². The van der Waals surface area contributed by atoms with E-state index in [4.69, 9.17) is 0 Å². The molecule has 4 unspecified atom stereocenters. The lowest BCUT2D eigenvalue weighted by atomic mass is 9.79. The minimum atomic E-state index is 0.584. The number of rotatable bonds is 4. The molecule has 0 heterocycles. The Morgan fingerprint density at radius 2 is 2.05 bits per heavy atom. The van der Waals surface area contributed by atoms with Crippen LogP contribution in [0.25, 0.3) is 0 Å². The lowest BCUT2D eigenvalue weighted by molar-refractivity contribution is 0.252. The predicted octanol–water partition coefficient (Wildman–Crippen LogP) is 4.39. The zero-order chi connectivity index (χ0) is 13.4. The summed E-state index contributed by atoms with van der Waals surface area (Å²) < 4.78 is 0. The van der Waals surface area contributed by atoms with Crippen LogP contribution in [0.1, 0.15) is 55.3 Å². The average Bonchev–Trinajstić information content (AvgIpc) is 2.99. The summed E-state index contributed by atoms with van der Waals surface area (Å²) in [5.41, 5.74) is 4.39. The summed E-state index contributed by atoms with van der Waals surface area (Å²) >= 11 is 0. The van der Waals surface area contributed by atoms with E-state index >= 15 is 0 Å². The Labute approximate surface area is 117 Å². The van der Waals surface area contributed by atoms with E-state index in [-0.39, 0.29) is 0 Å². The Balaban J connectivity index is 1.88. The molecule has 0 saturated heterocycles. The van der Waals surface area contributed by atoms with E-state index in [1.165, 1.54) is 36.8 Å². The van der Waals surface area contributed by atoms with Crippen LogP contribution in [-0.2, 0) is 0 Å². The van der Waals surface area contributed by atoms with E-state index in [0.29, 0.717) is 6.04 Å². The molecule has 2 bridgehead atoms. The summed E-state index contributed by atoms with van der Waals surface area (Å²) in [6.07, 6.45) is 5.92. The standard InChI is InChI=1S/C18H27N/c1-4-19-18(16-8-5-12(2)9-13(16)3)17-11-14-6-7-15(17)10-14/h5,8-9,14-15,17-19H,4,6-7,10-11H2,1-3H3. The molecule has 0 aliphatic heterocycles. The largest absolute Gasteiger partial charge is 0.310 e. The van der Waals surface area contributed by atoms with E-state index in [1.807, 2.05) is 0 Å². The van der Waals surface area contributed by atoms with Crippen LogP contribution in [0.15, 0.2) is 18.2 Å². The molecule has 2 aliphatic rings. The van der Waals surface area contributed by atoms with Gasteiger partial charge in [0.15, 0.2) is 0 Å². The summed E-state index contributed by atoms with van der Waals surface area (Å²) in [6, 6.07) is 7.57. The molecule has 2 fully saturated rings. The summed E-state index contributed by atoms with van der Waals surface area (Å²) in [5, 5.41) is 3.79. The zero-order valence-corrected chi connectivity index (χ0v) is 12.6. The molecule has 1 N–H and O–H groups in total. The Morgan fingerprint density at radius 1 is 1.21 bits per heavy atom. The molecule has 1 heteroatoms. The van der Waals surface area contributed by atoms with Gasteiger partial charge in [-0.15, -0.1) is 0 Å². The molecule has 0 amide bonds. The fourth-order valence-corrected chi connectivity index (χ4v) is 4.59. The molecule has 1 nitrogen and oxygen atoms in total. The SMILES string of the molecule is CCNC(c1ccc(C)cc1C)C1CC2CCC1C2. The van der Waals surface area contributed by atoms with Gasteiger partial charge in [-0.05, 0) is 68.5 Å². The average molecular weight is 257 g/mol. The van der Waals surface area contributed by atoms with E-state index in [2.05, 4.69) is 44.3 Å². The molecule has 2 aliphatic carbocycles. The Kier molecular flexibility index (Phi) is 3.66. The first-order valence-corrected chi connectivity index (χ1v) is 7.99. The van der Waals surface area contributed by atoms with Crippen molar-refractivity contribution in [3.05, 3.63) is 34.9 Å². The van der Waals surface area contributed by atoms with Gasteiger partial charge in [-0.2, -0.15) is 0 Å². The third kappa shape index (κ3) is 2.45. The lowest BCUT2D eigenvalue weighted by Gasteiger charge is -2.32. The first-order valence-electron chi connectivity index (χ1n) is 7.99. The molecule has 0 spiro atoms. The van der Waals surface area contributed by atoms with Crippen LogP contribution in [0.3, 0.4) is 0 Å². The van der Waals surface area contributed by atoms with Gasteiger partial charge >= 0.3 is 0 Å². The van der Waals surface area contributed by atoms with E-state index in [9.17, 15) is 0 Å². The molecule has 0 radical (unpaired) electrons. The highest BCUT2D eigenvalue weighted by Gasteiger charge is 2.43. The second-order valence-corrected chi connectivity index (χ2v) is 6.73. The highest BCUT2D eigenvalue weighted by molar-refractivity contribution is 5.33. The van der Waals surface area contributed by atoms with Gasteiger partial charge in [0.25, 0.3) is 0 Å². The second-order valence-electron chi connectivity index (χ2n) is 6.73. The van der Waals surface area contributed by atoms with E-state index in [0.717, 1.165) is 24.3 Å². The van der Waals surface area contributed by atoms with Crippen LogP contribution in [0, 0.1) is 31.6 Å². The predicted molar refractivity (Wildman–Crippen MR) is 81.3 cm³/mol. The van der Waals surface area contributed by atoms with Crippen LogP contribution in [0.4, 0.5) is 0 Å². The minimum absolute atomic E-state index is 0.584. The van der Waals surface area contributed by atoms with Crippen molar-refractivity contribution >= 4 is 0 Å². The third-order valence-electron chi connectivity index (χ3n) is 5.41. The van der Waals surface area contributed by atoms with Crippen molar-refractivity contribution in [2.24, 2.45) is 17.8 Å². The molecule has 0 aromatic heterocycles. The third-order valence-corrected chi connectivity index (χ3v) is 5.41. The van der Waals surface area contributed by atoms with Crippen LogP contribution in [0.2, 0.25) is 0 Å². The van der Waals surface area contributed by atoms with Crippen molar-refractivity contribution in [1.82, 2.24) is 5.32 Å². The van der Waals surface area contributed by atoms with Crippen molar-refractivity contribution < 1.29 is 0 Å². The van der Waals surface area contributed by atoms with E-state index in [1.54, 1.807) is 5.56 Å². The van der Waals surface area contributed by atoms with Gasteiger partial charge in [-0.1, -0.05) is 37.1 Å². The normalized spacial score (nSPS) is 30.8. The molecule has 4 atom stereocenters. The number of hydrogen-bond donors (Lipinski definition) is 1. The summed E-state index contributed by atoms with van der Waals surface area (Å²) in [7, 11) is 0. The highest BCUT2D eigenvalue weighted by atomic mass is 14.9. The number of hydrogen-bond acceptors (Lipinski definition) is 1. The van der Waals surface area contributed by atoms with Crippen molar-refractivity contribution in [3.63, 3.8) is 0 Å². The molecule has 1 aromatic rings. The maximum absolute atomic E-state index is 3.79. The maximum Gasteiger partial charge on any atom is 0.0353 e. The summed E-state index contributed by atoms with van der Waals surface area (Å²) in [6.45, 7) is 7.78. The van der Waals surface area contributed by atoms with Crippen LogP contribution in [-0.4, -0.2) is 6.54 Å². The first-order chi connectivity index (χ1) is 9.19. The fourth-order valence-electron chi connectivity index (χ4n) is 4.59. The fraction of sp³-hybridized carbons (Fsp3) is 0.667. The van der Waals surface area contributed by atoms with Crippen LogP contribution < -0.4 is 5.32 Å². The number of nitrogens with one attached hydrogen (secondary N) is 1. The number of fused-ring (bicyclic) bond motifs is 2. The quantitative estimate of drug-likeness (QED) is 0.843. The zero-order valence-electron chi connectivity index (χ0n) is 12.6. The molecular formula is C18H27N. The minimum Gasteiger partial charge on any atom is -0.310 e. The highest BCUT2D eigenvalue weighted by Crippen LogP contribution is 2.52. The molecule has 19 heavy (non-hydrogen) atoms. The monoisotopic (exact) mass is 257 g/mol. The lowest BCUT2D eigenvalue weighted by Crippen LogP contribution is -2.31. The van der Waals surface area contributed by atoms with Crippen molar-refractivity contribution in [3.8, 4) is 0 Å². The maximum atomic E-state index is 3.79. The Hall–Kier alpha value is -0.820. The van der Waals surface area contributed by atoms with Crippen molar-refractivity contribution in [2.75, 3.05) is 6.54 Å². The Bertz CT molecular complexity index is 451. The summed E-state index contributed by atoms with van der Waals surface area (Å²) in [5.74, 6) is 2.89. The van der Waals surface area contributed by atoms with Gasteiger partial charge in [0.1, 0.15) is 0 Å². The molecule has 104 valence electrons. The number of aryl methyl sites for hydroxylation is 2. The second kappa shape index (κ2) is 5.28. The van der Waals surface area contributed by atoms with Gasteiger partial charge in [0.2, 0.25) is 0 Å². The number of benzene rings is 1. The molecule has 2 saturated carbocycles. The van der Waals surface area contributed by atoms with Crippen LogP contribution in [0.5, 0.6) is 0 Å². The Morgan fingerprint density at radius 3 is 2.63 bits per heavy atom. The first kappa shape index (κ1) is 13.2. The van der Waals surface area contributed by atoms with Gasteiger partial charge in [-0.3, -0.25) is 0 Å². The summed E-state index contributed by atoms with van der Waals surface area (Å²) in [4.78, 5) is 0. The van der Waals surface area contributed by atoms with Crippen LogP contribution >= 0.6 is 0 Å².